The third-order valence-electron chi connectivity index (χ3n) is 2.25. The molecule has 0 aliphatic carbocycles. The highest BCUT2D eigenvalue weighted by Gasteiger charge is 2.21. The molecule has 6 nitrogen and oxygen atoms in total. The summed E-state index contributed by atoms with van der Waals surface area (Å²) in [6.45, 7) is 7.17. The lowest BCUT2D eigenvalue weighted by Gasteiger charge is -2.17. The van der Waals surface area contributed by atoms with Gasteiger partial charge in [0.25, 0.3) is 0 Å². The second-order valence-corrected chi connectivity index (χ2v) is 5.07. The van der Waals surface area contributed by atoms with Crippen molar-refractivity contribution in [2.24, 2.45) is 5.41 Å². The van der Waals surface area contributed by atoms with E-state index in [1.165, 1.54) is 14.0 Å². The smallest absolute Gasteiger partial charge is 0.328 e. The third kappa shape index (κ3) is 6.22. The average Bonchev–Trinajstić information content (AvgIpc) is 2.26. The summed E-state index contributed by atoms with van der Waals surface area (Å²) in [6, 6.07) is -0.680. The fourth-order valence-corrected chi connectivity index (χ4v) is 1.10. The molecular weight excluding hydrogens is 236 g/mol. The first-order chi connectivity index (χ1) is 8.18. The zero-order valence-corrected chi connectivity index (χ0v) is 11.6. The van der Waals surface area contributed by atoms with Gasteiger partial charge in [-0.1, -0.05) is 20.8 Å². The number of carbonyl (C=O) groups excluding carboxylic acids is 3. The molecule has 6 heteroatoms. The van der Waals surface area contributed by atoms with Crippen LogP contribution in [0.5, 0.6) is 0 Å². The van der Waals surface area contributed by atoms with Crippen LogP contribution >= 0.6 is 0 Å². The van der Waals surface area contributed by atoms with E-state index in [-0.39, 0.29) is 24.8 Å². The zero-order valence-electron chi connectivity index (χ0n) is 11.6. The lowest BCUT2D eigenvalue weighted by molar-refractivity contribution is -0.144. The fourth-order valence-electron chi connectivity index (χ4n) is 1.10. The largest absolute Gasteiger partial charge is 0.467 e. The summed E-state index contributed by atoms with van der Waals surface area (Å²) < 4.78 is 4.48. The molecule has 0 aliphatic heterocycles. The summed E-state index contributed by atoms with van der Waals surface area (Å²) >= 11 is 0. The van der Waals surface area contributed by atoms with E-state index < -0.39 is 17.4 Å². The third-order valence-corrected chi connectivity index (χ3v) is 2.25. The van der Waals surface area contributed by atoms with Gasteiger partial charge in [-0.3, -0.25) is 9.59 Å². The second kappa shape index (κ2) is 6.98. The number of rotatable bonds is 5. The van der Waals surface area contributed by atoms with E-state index in [1.807, 2.05) is 0 Å². The Morgan fingerprint density at radius 3 is 2.22 bits per heavy atom. The van der Waals surface area contributed by atoms with Crippen molar-refractivity contribution in [2.75, 3.05) is 13.7 Å². The molecule has 0 saturated heterocycles. The van der Waals surface area contributed by atoms with Crippen LogP contribution in [0, 0.1) is 5.41 Å². The van der Waals surface area contributed by atoms with Gasteiger partial charge in [0.1, 0.15) is 6.04 Å². The second-order valence-electron chi connectivity index (χ2n) is 5.07. The van der Waals surface area contributed by atoms with Crippen LogP contribution in [0.15, 0.2) is 0 Å². The summed E-state index contributed by atoms with van der Waals surface area (Å²) in [5.74, 6) is -0.916. The van der Waals surface area contributed by atoms with Crippen LogP contribution < -0.4 is 10.6 Å². The van der Waals surface area contributed by atoms with Crippen LogP contribution in [0.3, 0.4) is 0 Å². The lowest BCUT2D eigenvalue weighted by Crippen LogP contribution is -2.41. The Hall–Kier alpha value is -1.59. The normalized spacial score (nSPS) is 12.5. The number of carbonyl (C=O) groups is 3. The van der Waals surface area contributed by atoms with Gasteiger partial charge in [0.2, 0.25) is 11.8 Å². The maximum Gasteiger partial charge on any atom is 0.328 e. The molecule has 0 saturated carbocycles. The van der Waals surface area contributed by atoms with Crippen molar-refractivity contribution in [3.63, 3.8) is 0 Å². The van der Waals surface area contributed by atoms with Gasteiger partial charge in [-0.25, -0.2) is 4.79 Å². The molecule has 0 aliphatic rings. The van der Waals surface area contributed by atoms with E-state index in [1.54, 1.807) is 20.8 Å². The molecule has 0 aromatic heterocycles. The first-order valence-electron chi connectivity index (χ1n) is 5.84. The van der Waals surface area contributed by atoms with Crippen molar-refractivity contribution in [3.8, 4) is 0 Å². The van der Waals surface area contributed by atoms with E-state index in [9.17, 15) is 14.4 Å². The Morgan fingerprint density at radius 1 is 1.22 bits per heavy atom. The van der Waals surface area contributed by atoms with Gasteiger partial charge in [-0.15, -0.1) is 0 Å². The van der Waals surface area contributed by atoms with Crippen LogP contribution in [-0.2, 0) is 19.1 Å². The predicted octanol–water partition coefficient (Wildman–Crippen LogP) is 0.217. The van der Waals surface area contributed by atoms with E-state index >= 15 is 0 Å². The summed E-state index contributed by atoms with van der Waals surface area (Å²) in [5, 5.41) is 5.13. The SMILES string of the molecule is COC(=O)[C@H](C)NC(=O)CCNC(=O)C(C)(C)C. The minimum absolute atomic E-state index is 0.115. The number of esters is 1. The molecule has 1 atom stereocenters. The van der Waals surface area contributed by atoms with Crippen molar-refractivity contribution >= 4 is 17.8 Å². The highest BCUT2D eigenvalue weighted by molar-refractivity contribution is 5.85. The number of ether oxygens (including phenoxy) is 1. The first-order valence-corrected chi connectivity index (χ1v) is 5.84. The molecule has 0 fully saturated rings. The van der Waals surface area contributed by atoms with Gasteiger partial charge in [-0.2, -0.15) is 0 Å². The van der Waals surface area contributed by atoms with Crippen LogP contribution in [0.1, 0.15) is 34.1 Å². The van der Waals surface area contributed by atoms with Gasteiger partial charge < -0.3 is 15.4 Å². The molecule has 0 aromatic rings. The van der Waals surface area contributed by atoms with E-state index in [2.05, 4.69) is 15.4 Å². The van der Waals surface area contributed by atoms with Crippen molar-refractivity contribution in [1.29, 1.82) is 0 Å². The molecule has 2 N–H and O–H groups in total. The Morgan fingerprint density at radius 2 is 1.78 bits per heavy atom. The number of hydrogen-bond acceptors (Lipinski definition) is 4. The molecular formula is C12H22N2O4. The Bertz CT molecular complexity index is 321. The standard InChI is InChI=1S/C12H22N2O4/c1-8(10(16)18-5)14-9(15)6-7-13-11(17)12(2,3)4/h8H,6-7H2,1-5H3,(H,13,17)(H,14,15)/t8-/m0/s1. The van der Waals surface area contributed by atoms with Crippen molar-refractivity contribution in [1.82, 2.24) is 10.6 Å². The quantitative estimate of drug-likeness (QED) is 0.691. The number of nitrogens with one attached hydrogen (secondary N) is 2. The summed E-state index contributed by atoms with van der Waals surface area (Å²) in [5.41, 5.74) is -0.476. The molecule has 0 spiro atoms. The van der Waals surface area contributed by atoms with Gasteiger partial charge in [0.05, 0.1) is 7.11 Å². The zero-order chi connectivity index (χ0) is 14.3. The highest BCUT2D eigenvalue weighted by atomic mass is 16.5. The summed E-state index contributed by atoms with van der Waals surface area (Å²) in [6.07, 6.45) is 0.128. The van der Waals surface area contributed by atoms with Gasteiger partial charge in [0.15, 0.2) is 0 Å². The van der Waals surface area contributed by atoms with Crippen molar-refractivity contribution < 1.29 is 19.1 Å². The molecule has 0 aromatic carbocycles. The Kier molecular flexibility index (Phi) is 6.36. The lowest BCUT2D eigenvalue weighted by atomic mass is 9.96. The molecule has 0 unspecified atom stereocenters. The maximum absolute atomic E-state index is 11.5. The minimum Gasteiger partial charge on any atom is -0.467 e. The molecule has 0 bridgehead atoms. The Labute approximate surface area is 107 Å². The van der Waals surface area contributed by atoms with Gasteiger partial charge in [0, 0.05) is 18.4 Å². The van der Waals surface area contributed by atoms with Crippen LogP contribution in [-0.4, -0.2) is 37.5 Å². The highest BCUT2D eigenvalue weighted by Crippen LogP contribution is 2.11. The number of methoxy groups -OCH3 is 1. The monoisotopic (exact) mass is 258 g/mol. The van der Waals surface area contributed by atoms with Gasteiger partial charge in [-0.05, 0) is 6.92 Å². The predicted molar refractivity (Wildman–Crippen MR) is 66.7 cm³/mol. The minimum atomic E-state index is -0.680. The molecule has 0 rings (SSSR count). The Balaban J connectivity index is 3.92. The maximum atomic E-state index is 11.5. The summed E-state index contributed by atoms with van der Waals surface area (Å²) in [4.78, 5) is 34.0. The van der Waals surface area contributed by atoms with Crippen LogP contribution in [0.2, 0.25) is 0 Å². The molecule has 0 radical (unpaired) electrons. The van der Waals surface area contributed by atoms with Crippen LogP contribution in [0.4, 0.5) is 0 Å². The van der Waals surface area contributed by atoms with Crippen molar-refractivity contribution in [2.45, 2.75) is 40.2 Å². The van der Waals surface area contributed by atoms with E-state index in [0.29, 0.717) is 0 Å². The molecule has 2 amide bonds. The topological polar surface area (TPSA) is 84.5 Å². The molecule has 18 heavy (non-hydrogen) atoms. The number of hydrogen-bond donors (Lipinski definition) is 2. The number of amides is 2. The molecule has 104 valence electrons. The van der Waals surface area contributed by atoms with Crippen LogP contribution in [0.25, 0.3) is 0 Å². The van der Waals surface area contributed by atoms with Crippen molar-refractivity contribution in [3.05, 3.63) is 0 Å². The molecule has 0 heterocycles. The van der Waals surface area contributed by atoms with Gasteiger partial charge >= 0.3 is 5.97 Å². The summed E-state index contributed by atoms with van der Waals surface area (Å²) in [7, 11) is 1.26. The van der Waals surface area contributed by atoms with E-state index in [4.69, 9.17) is 0 Å². The van der Waals surface area contributed by atoms with E-state index in [0.717, 1.165) is 0 Å². The fraction of sp³-hybridized carbons (Fsp3) is 0.750. The first kappa shape index (κ1) is 16.4. The average molecular weight is 258 g/mol.